The van der Waals surface area contributed by atoms with E-state index in [1.165, 1.54) is 5.56 Å². The number of rotatable bonds is 5. The number of nitrogens with one attached hydrogen (secondary N) is 1. The molecular weight excluding hydrogens is 244 g/mol. The van der Waals surface area contributed by atoms with Gasteiger partial charge in [0.15, 0.2) is 0 Å². The third-order valence-electron chi connectivity index (χ3n) is 4.05. The molecule has 4 heteroatoms. The Hall–Kier alpha value is -0.420. The number of likely N-dealkylation sites (N-methyl/N-ethyl adjacent to an activating group) is 1. The summed E-state index contributed by atoms with van der Waals surface area (Å²) in [6, 6.07) is 2.69. The molecular formula is C14H24N2OS. The highest BCUT2D eigenvalue weighted by molar-refractivity contribution is 7.07. The minimum absolute atomic E-state index is 0.153. The zero-order valence-corrected chi connectivity index (χ0v) is 12.4. The van der Waals surface area contributed by atoms with Crippen LogP contribution < -0.4 is 5.32 Å². The summed E-state index contributed by atoms with van der Waals surface area (Å²) < 4.78 is 5.45. The van der Waals surface area contributed by atoms with Gasteiger partial charge in [-0.1, -0.05) is 0 Å². The topological polar surface area (TPSA) is 24.5 Å². The van der Waals surface area contributed by atoms with Crippen molar-refractivity contribution < 1.29 is 4.74 Å². The number of hydrogen-bond donors (Lipinski definition) is 1. The van der Waals surface area contributed by atoms with Gasteiger partial charge in [-0.15, -0.1) is 0 Å². The molecule has 1 atom stereocenters. The number of thiophene rings is 1. The van der Waals surface area contributed by atoms with Gasteiger partial charge in [-0.2, -0.15) is 11.3 Å². The average Bonchev–Trinajstić information content (AvgIpc) is 2.89. The van der Waals surface area contributed by atoms with Crippen LogP contribution in [0.1, 0.15) is 19.4 Å². The fourth-order valence-corrected chi connectivity index (χ4v) is 3.39. The molecule has 0 aromatic carbocycles. The highest BCUT2D eigenvalue weighted by Gasteiger charge is 2.35. The zero-order valence-electron chi connectivity index (χ0n) is 11.6. The number of hydrogen-bond acceptors (Lipinski definition) is 4. The monoisotopic (exact) mass is 268 g/mol. The average molecular weight is 268 g/mol. The van der Waals surface area contributed by atoms with Crippen LogP contribution in [-0.2, 0) is 11.2 Å². The normalized spacial score (nSPS) is 19.9. The largest absolute Gasteiger partial charge is 0.379 e. The van der Waals surface area contributed by atoms with Gasteiger partial charge in [0.25, 0.3) is 0 Å². The number of morpholine rings is 1. The summed E-state index contributed by atoms with van der Waals surface area (Å²) in [4.78, 5) is 2.55. The van der Waals surface area contributed by atoms with E-state index in [0.717, 1.165) is 32.7 Å². The van der Waals surface area contributed by atoms with Crippen LogP contribution in [0.2, 0.25) is 0 Å². The molecule has 3 nitrogen and oxygen atoms in total. The van der Waals surface area contributed by atoms with Gasteiger partial charge in [0.2, 0.25) is 0 Å². The molecule has 0 amide bonds. The fourth-order valence-electron chi connectivity index (χ4n) is 2.71. The molecule has 102 valence electrons. The molecule has 1 saturated heterocycles. The van der Waals surface area contributed by atoms with Crippen LogP contribution in [0.3, 0.4) is 0 Å². The second-order valence-corrected chi connectivity index (χ2v) is 6.21. The summed E-state index contributed by atoms with van der Waals surface area (Å²) >= 11 is 1.78. The highest BCUT2D eigenvalue weighted by atomic mass is 32.1. The smallest absolute Gasteiger partial charge is 0.0594 e. The SMILES string of the molecule is CNC(Cc1ccsc1)C(C)(C)N1CCOCC1. The Morgan fingerprint density at radius 3 is 2.72 bits per heavy atom. The molecule has 1 aliphatic heterocycles. The van der Waals surface area contributed by atoms with Crippen molar-refractivity contribution in [3.8, 4) is 0 Å². The second-order valence-electron chi connectivity index (χ2n) is 5.43. The van der Waals surface area contributed by atoms with Crippen molar-refractivity contribution >= 4 is 11.3 Å². The van der Waals surface area contributed by atoms with Crippen LogP contribution in [-0.4, -0.2) is 49.8 Å². The van der Waals surface area contributed by atoms with E-state index in [1.54, 1.807) is 11.3 Å². The zero-order chi connectivity index (χ0) is 13.0. The lowest BCUT2D eigenvalue weighted by atomic mass is 9.88. The van der Waals surface area contributed by atoms with E-state index in [-0.39, 0.29) is 5.54 Å². The van der Waals surface area contributed by atoms with Crippen molar-refractivity contribution in [3.63, 3.8) is 0 Å². The number of nitrogens with zero attached hydrogens (tertiary/aromatic N) is 1. The Morgan fingerprint density at radius 2 is 2.17 bits per heavy atom. The van der Waals surface area contributed by atoms with Crippen LogP contribution in [0.5, 0.6) is 0 Å². The molecule has 1 N–H and O–H groups in total. The molecule has 0 aliphatic carbocycles. The van der Waals surface area contributed by atoms with Gasteiger partial charge in [-0.05, 0) is 49.7 Å². The van der Waals surface area contributed by atoms with Crippen molar-refractivity contribution in [2.24, 2.45) is 0 Å². The predicted octanol–water partition coefficient (Wildman–Crippen LogP) is 1.99. The Kier molecular flexibility index (Phi) is 4.78. The summed E-state index contributed by atoms with van der Waals surface area (Å²) in [6.45, 7) is 8.47. The fraction of sp³-hybridized carbons (Fsp3) is 0.714. The lowest BCUT2D eigenvalue weighted by Crippen LogP contribution is -2.60. The third kappa shape index (κ3) is 3.12. The van der Waals surface area contributed by atoms with Gasteiger partial charge in [-0.25, -0.2) is 0 Å². The van der Waals surface area contributed by atoms with Crippen molar-refractivity contribution in [3.05, 3.63) is 22.4 Å². The minimum Gasteiger partial charge on any atom is -0.379 e. The van der Waals surface area contributed by atoms with Crippen LogP contribution >= 0.6 is 11.3 Å². The van der Waals surface area contributed by atoms with Gasteiger partial charge >= 0.3 is 0 Å². The van der Waals surface area contributed by atoms with Crippen LogP contribution in [0.15, 0.2) is 16.8 Å². The first-order valence-electron chi connectivity index (χ1n) is 6.65. The van der Waals surface area contributed by atoms with Crippen LogP contribution in [0, 0.1) is 0 Å². The molecule has 0 radical (unpaired) electrons. The molecule has 1 aromatic rings. The third-order valence-corrected chi connectivity index (χ3v) is 4.78. The molecule has 0 saturated carbocycles. The first-order valence-corrected chi connectivity index (χ1v) is 7.60. The Bertz CT molecular complexity index is 345. The molecule has 0 spiro atoms. The Morgan fingerprint density at radius 1 is 1.44 bits per heavy atom. The Balaban J connectivity index is 2.04. The van der Waals surface area contributed by atoms with E-state index in [2.05, 4.69) is 47.9 Å². The molecule has 2 heterocycles. The van der Waals surface area contributed by atoms with Gasteiger partial charge in [0.05, 0.1) is 13.2 Å². The Labute approximate surface area is 114 Å². The van der Waals surface area contributed by atoms with E-state index in [1.807, 2.05) is 0 Å². The second kappa shape index (κ2) is 6.15. The molecule has 1 aromatic heterocycles. The van der Waals surface area contributed by atoms with Crippen molar-refractivity contribution in [1.29, 1.82) is 0 Å². The van der Waals surface area contributed by atoms with E-state index < -0.39 is 0 Å². The van der Waals surface area contributed by atoms with Crippen molar-refractivity contribution in [2.45, 2.75) is 31.8 Å². The van der Waals surface area contributed by atoms with Crippen LogP contribution in [0.4, 0.5) is 0 Å². The van der Waals surface area contributed by atoms with E-state index >= 15 is 0 Å². The van der Waals surface area contributed by atoms with E-state index in [4.69, 9.17) is 4.74 Å². The molecule has 1 unspecified atom stereocenters. The predicted molar refractivity (Wildman–Crippen MR) is 77.3 cm³/mol. The summed E-state index contributed by atoms with van der Waals surface area (Å²) in [5, 5.41) is 7.91. The molecule has 0 bridgehead atoms. The van der Waals surface area contributed by atoms with Gasteiger partial charge < -0.3 is 10.1 Å². The van der Waals surface area contributed by atoms with E-state index in [9.17, 15) is 0 Å². The summed E-state index contributed by atoms with van der Waals surface area (Å²) in [7, 11) is 2.07. The van der Waals surface area contributed by atoms with Gasteiger partial charge in [0.1, 0.15) is 0 Å². The minimum atomic E-state index is 0.153. The molecule has 1 fully saturated rings. The van der Waals surface area contributed by atoms with Gasteiger partial charge in [-0.3, -0.25) is 4.90 Å². The molecule has 1 aliphatic rings. The first kappa shape index (κ1) is 14.0. The van der Waals surface area contributed by atoms with Gasteiger partial charge in [0, 0.05) is 24.7 Å². The van der Waals surface area contributed by atoms with E-state index in [0.29, 0.717) is 6.04 Å². The van der Waals surface area contributed by atoms with Crippen molar-refractivity contribution in [1.82, 2.24) is 10.2 Å². The molecule has 18 heavy (non-hydrogen) atoms. The number of ether oxygens (including phenoxy) is 1. The standard InChI is InChI=1S/C14H24N2OS/c1-14(2,16-5-7-17-8-6-16)13(15-3)10-12-4-9-18-11-12/h4,9,11,13,15H,5-8,10H2,1-3H3. The quantitative estimate of drug-likeness (QED) is 0.884. The maximum atomic E-state index is 5.45. The lowest BCUT2D eigenvalue weighted by molar-refractivity contribution is -0.0223. The van der Waals surface area contributed by atoms with Crippen molar-refractivity contribution in [2.75, 3.05) is 33.4 Å². The summed E-state index contributed by atoms with van der Waals surface area (Å²) in [5.74, 6) is 0. The lowest BCUT2D eigenvalue weighted by Gasteiger charge is -2.45. The summed E-state index contributed by atoms with van der Waals surface area (Å²) in [6.07, 6.45) is 1.09. The first-order chi connectivity index (χ1) is 8.64. The maximum Gasteiger partial charge on any atom is 0.0594 e. The maximum absolute atomic E-state index is 5.45. The summed E-state index contributed by atoms with van der Waals surface area (Å²) in [5.41, 5.74) is 1.58. The van der Waals surface area contributed by atoms with Crippen LogP contribution in [0.25, 0.3) is 0 Å². The highest BCUT2D eigenvalue weighted by Crippen LogP contribution is 2.23. The molecule has 2 rings (SSSR count).